The maximum atomic E-state index is 11.5. The molecule has 1 aromatic heterocycles. The van der Waals surface area contributed by atoms with Crippen LogP contribution in [-0.2, 0) is 4.74 Å². The third kappa shape index (κ3) is 2.81. The van der Waals surface area contributed by atoms with E-state index >= 15 is 0 Å². The number of hydrogen-bond donors (Lipinski definition) is 2. The van der Waals surface area contributed by atoms with Crippen molar-refractivity contribution >= 4 is 17.5 Å². The van der Waals surface area contributed by atoms with Crippen molar-refractivity contribution in [1.82, 2.24) is 4.98 Å². The van der Waals surface area contributed by atoms with Crippen molar-refractivity contribution < 1.29 is 9.53 Å². The van der Waals surface area contributed by atoms with Crippen LogP contribution in [0.15, 0.2) is 42.5 Å². The smallest absolute Gasteiger partial charge is 0.356 e. The van der Waals surface area contributed by atoms with E-state index in [0.29, 0.717) is 23.5 Å². The zero-order valence-electron chi connectivity index (χ0n) is 11.7. The minimum absolute atomic E-state index is 0.256. The lowest BCUT2D eigenvalue weighted by Crippen LogP contribution is -2.12. The highest BCUT2D eigenvalue weighted by molar-refractivity contribution is 5.88. The van der Waals surface area contributed by atoms with Gasteiger partial charge in [-0.2, -0.15) is 0 Å². The second-order valence-corrected chi connectivity index (χ2v) is 5.13. The van der Waals surface area contributed by atoms with E-state index in [4.69, 9.17) is 5.73 Å². The van der Waals surface area contributed by atoms with Crippen molar-refractivity contribution in [3.63, 3.8) is 0 Å². The largest absolute Gasteiger partial charge is 0.464 e. The average Bonchev–Trinajstić information content (AvgIpc) is 3.29. The van der Waals surface area contributed by atoms with Crippen LogP contribution in [0.5, 0.6) is 0 Å². The van der Waals surface area contributed by atoms with Crippen molar-refractivity contribution in [3.05, 3.63) is 53.7 Å². The van der Waals surface area contributed by atoms with Crippen LogP contribution in [0, 0.1) is 0 Å². The van der Waals surface area contributed by atoms with Gasteiger partial charge in [0.05, 0.1) is 12.8 Å². The van der Waals surface area contributed by atoms with Crippen LogP contribution in [-0.4, -0.2) is 24.1 Å². The van der Waals surface area contributed by atoms with Gasteiger partial charge in [-0.05, 0) is 24.1 Å². The molecule has 2 unspecified atom stereocenters. The molecular formula is C16H17N3O2. The predicted octanol–water partition coefficient (Wildman–Crippen LogP) is 2.42. The van der Waals surface area contributed by atoms with Crippen LogP contribution in [0.25, 0.3) is 0 Å². The topological polar surface area (TPSA) is 77.2 Å². The molecule has 3 rings (SSSR count). The van der Waals surface area contributed by atoms with Crippen LogP contribution in [0.2, 0.25) is 0 Å². The van der Waals surface area contributed by atoms with E-state index in [0.717, 1.165) is 6.42 Å². The number of rotatable bonds is 4. The Morgan fingerprint density at radius 1 is 1.29 bits per heavy atom. The van der Waals surface area contributed by atoms with E-state index in [1.165, 1.54) is 12.7 Å². The van der Waals surface area contributed by atoms with E-state index < -0.39 is 5.97 Å². The lowest BCUT2D eigenvalue weighted by molar-refractivity contribution is 0.0594. The minimum Gasteiger partial charge on any atom is -0.464 e. The minimum atomic E-state index is -0.464. The molecule has 1 heterocycles. The van der Waals surface area contributed by atoms with Crippen LogP contribution >= 0.6 is 0 Å². The summed E-state index contributed by atoms with van der Waals surface area (Å²) in [4.78, 5) is 15.8. The molecule has 5 heteroatoms. The zero-order chi connectivity index (χ0) is 14.8. The van der Waals surface area contributed by atoms with E-state index in [2.05, 4.69) is 27.2 Å². The Morgan fingerprint density at radius 3 is 2.76 bits per heavy atom. The summed E-state index contributed by atoms with van der Waals surface area (Å²) in [7, 11) is 1.33. The first-order chi connectivity index (χ1) is 10.2. The van der Waals surface area contributed by atoms with Crippen molar-refractivity contribution in [2.75, 3.05) is 18.2 Å². The number of nitrogens with two attached hydrogens (primary N) is 1. The molecule has 1 saturated carbocycles. The van der Waals surface area contributed by atoms with Gasteiger partial charge in [-0.1, -0.05) is 30.3 Å². The second kappa shape index (κ2) is 5.44. The third-order valence-electron chi connectivity index (χ3n) is 3.66. The quantitative estimate of drug-likeness (QED) is 0.843. The summed E-state index contributed by atoms with van der Waals surface area (Å²) in [6.45, 7) is 0. The molecule has 1 aliphatic rings. The monoisotopic (exact) mass is 283 g/mol. The van der Waals surface area contributed by atoms with Gasteiger partial charge in [0, 0.05) is 12.0 Å². The number of benzene rings is 1. The number of nitrogens with zero attached hydrogens (tertiary/aromatic N) is 1. The molecule has 21 heavy (non-hydrogen) atoms. The number of nitrogens with one attached hydrogen (secondary N) is 1. The number of hydrogen-bond acceptors (Lipinski definition) is 5. The Labute approximate surface area is 123 Å². The molecule has 108 valence electrons. The Bertz CT molecular complexity index is 658. The Hall–Kier alpha value is -2.56. The normalized spacial score (nSPS) is 19.9. The first-order valence-corrected chi connectivity index (χ1v) is 6.85. The van der Waals surface area contributed by atoms with Gasteiger partial charge in [0.1, 0.15) is 5.82 Å². The highest BCUT2D eigenvalue weighted by Gasteiger charge is 2.38. The van der Waals surface area contributed by atoms with Gasteiger partial charge in [-0.25, -0.2) is 9.78 Å². The lowest BCUT2D eigenvalue weighted by Gasteiger charge is -2.09. The molecule has 1 fully saturated rings. The molecule has 5 nitrogen and oxygen atoms in total. The van der Waals surface area contributed by atoms with E-state index in [1.807, 2.05) is 18.2 Å². The highest BCUT2D eigenvalue weighted by atomic mass is 16.5. The van der Waals surface area contributed by atoms with Crippen molar-refractivity contribution in [3.8, 4) is 0 Å². The van der Waals surface area contributed by atoms with E-state index in [1.54, 1.807) is 12.1 Å². The van der Waals surface area contributed by atoms with Crippen LogP contribution in [0.1, 0.15) is 28.4 Å². The fourth-order valence-corrected chi connectivity index (χ4v) is 2.40. The fraction of sp³-hybridized carbons (Fsp3) is 0.250. The summed E-state index contributed by atoms with van der Waals surface area (Å²) >= 11 is 0. The molecule has 0 spiro atoms. The average molecular weight is 283 g/mol. The van der Waals surface area contributed by atoms with Gasteiger partial charge in [-0.3, -0.25) is 0 Å². The summed E-state index contributed by atoms with van der Waals surface area (Å²) in [5.41, 5.74) is 8.00. The van der Waals surface area contributed by atoms with Crippen LogP contribution in [0.3, 0.4) is 0 Å². The van der Waals surface area contributed by atoms with Gasteiger partial charge in [-0.15, -0.1) is 0 Å². The van der Waals surface area contributed by atoms with E-state index in [9.17, 15) is 4.79 Å². The number of pyridine rings is 1. The molecule has 2 atom stereocenters. The number of nitrogen functional groups attached to an aromatic ring is 1. The molecular weight excluding hydrogens is 266 g/mol. The maximum Gasteiger partial charge on any atom is 0.356 e. The molecule has 2 aromatic rings. The van der Waals surface area contributed by atoms with Gasteiger partial charge < -0.3 is 15.8 Å². The molecule has 1 aliphatic carbocycles. The number of esters is 1. The van der Waals surface area contributed by atoms with Gasteiger partial charge >= 0.3 is 5.97 Å². The summed E-state index contributed by atoms with van der Waals surface area (Å²) in [6, 6.07) is 13.9. The Kier molecular flexibility index (Phi) is 3.48. The van der Waals surface area contributed by atoms with Crippen molar-refractivity contribution in [2.45, 2.75) is 18.4 Å². The summed E-state index contributed by atoms with van der Waals surface area (Å²) in [6.07, 6.45) is 1.04. The van der Waals surface area contributed by atoms with Crippen molar-refractivity contribution in [1.29, 1.82) is 0 Å². The molecule has 0 amide bonds. The van der Waals surface area contributed by atoms with Gasteiger partial charge in [0.2, 0.25) is 0 Å². The summed E-state index contributed by atoms with van der Waals surface area (Å²) < 4.78 is 4.67. The van der Waals surface area contributed by atoms with Gasteiger partial charge in [0.15, 0.2) is 5.69 Å². The SMILES string of the molecule is COC(=O)c1ccc(N)c(NC2CC2c2ccccc2)n1. The van der Waals surface area contributed by atoms with E-state index in [-0.39, 0.29) is 5.69 Å². The lowest BCUT2D eigenvalue weighted by atomic mass is 10.1. The fourth-order valence-electron chi connectivity index (χ4n) is 2.40. The predicted molar refractivity (Wildman–Crippen MR) is 81.2 cm³/mol. The third-order valence-corrected chi connectivity index (χ3v) is 3.66. The van der Waals surface area contributed by atoms with Gasteiger partial charge in [0.25, 0.3) is 0 Å². The van der Waals surface area contributed by atoms with Crippen LogP contribution < -0.4 is 11.1 Å². The number of ether oxygens (including phenoxy) is 1. The molecule has 3 N–H and O–H groups in total. The standard InChI is InChI=1S/C16H17N3O2/c1-21-16(20)13-8-7-12(17)15(18-13)19-14-9-11(14)10-5-3-2-4-6-10/h2-8,11,14H,9,17H2,1H3,(H,18,19). The first-order valence-electron chi connectivity index (χ1n) is 6.85. The molecule has 0 radical (unpaired) electrons. The van der Waals surface area contributed by atoms with Crippen LogP contribution in [0.4, 0.5) is 11.5 Å². The molecule has 1 aromatic carbocycles. The zero-order valence-corrected chi connectivity index (χ0v) is 11.7. The molecule has 0 aliphatic heterocycles. The number of aromatic nitrogens is 1. The Morgan fingerprint density at radius 2 is 2.05 bits per heavy atom. The number of carbonyl (C=O) groups is 1. The number of methoxy groups -OCH3 is 1. The number of carbonyl (C=O) groups excluding carboxylic acids is 1. The van der Waals surface area contributed by atoms with Crippen molar-refractivity contribution in [2.24, 2.45) is 0 Å². The summed E-state index contributed by atoms with van der Waals surface area (Å²) in [5, 5.41) is 3.31. The molecule has 0 bridgehead atoms. The highest BCUT2D eigenvalue weighted by Crippen LogP contribution is 2.43. The maximum absolute atomic E-state index is 11.5. The second-order valence-electron chi connectivity index (χ2n) is 5.13. The Balaban J connectivity index is 1.73. The first kappa shape index (κ1) is 13.4. The molecule has 0 saturated heterocycles. The summed E-state index contributed by atoms with van der Waals surface area (Å²) in [5.74, 6) is 0.545. The number of anilines is 2.